The zero-order chi connectivity index (χ0) is 12.3. The quantitative estimate of drug-likeness (QED) is 0.796. The summed E-state index contributed by atoms with van der Waals surface area (Å²) in [6.07, 6.45) is 3.74. The molecule has 1 aromatic rings. The number of ketones is 1. The normalized spacial score (nSPS) is 23.6. The predicted molar refractivity (Wildman–Crippen MR) is 66.4 cm³/mol. The van der Waals surface area contributed by atoms with Crippen molar-refractivity contribution >= 4 is 5.78 Å². The largest absolute Gasteiger partial charge is 0.298 e. The Balaban J connectivity index is 2.19. The number of hydrogen-bond acceptors (Lipinski definition) is 2. The van der Waals surface area contributed by atoms with E-state index >= 15 is 0 Å². The van der Waals surface area contributed by atoms with Crippen LogP contribution in [0.2, 0.25) is 0 Å². The smallest absolute Gasteiger partial charge is 0.153 e. The predicted octanol–water partition coefficient (Wildman–Crippen LogP) is 3.05. The molecule has 0 spiro atoms. The Kier molecular flexibility index (Phi) is 3.28. The Morgan fingerprint density at radius 2 is 1.94 bits per heavy atom. The summed E-state index contributed by atoms with van der Waals surface area (Å²) in [5.74, 6) is 0.125. The second-order valence-electron chi connectivity index (χ2n) is 4.82. The lowest BCUT2D eigenvalue weighted by molar-refractivity contribution is -0.123. The Morgan fingerprint density at radius 3 is 2.41 bits per heavy atom. The molecule has 0 amide bonds. The summed E-state index contributed by atoms with van der Waals surface area (Å²) in [4.78, 5) is 11.8. The molecule has 1 saturated carbocycles. The minimum absolute atomic E-state index is 0.125. The first-order valence-electron chi connectivity index (χ1n) is 6.22. The number of carbonyl (C=O) groups is 1. The van der Waals surface area contributed by atoms with Crippen molar-refractivity contribution in [1.82, 2.24) is 0 Å². The Labute approximate surface area is 102 Å². The first kappa shape index (κ1) is 11.9. The molecular formula is C15H17NO. The van der Waals surface area contributed by atoms with Crippen LogP contribution in [0.15, 0.2) is 24.3 Å². The van der Waals surface area contributed by atoms with Gasteiger partial charge in [-0.05, 0) is 36.8 Å². The number of Topliss-reactive ketones (excluding diaryl/α,β-unsaturated/α-hetero) is 1. The maximum Gasteiger partial charge on any atom is 0.153 e. The highest BCUT2D eigenvalue weighted by Gasteiger charge is 2.42. The maximum atomic E-state index is 11.8. The fourth-order valence-corrected chi connectivity index (χ4v) is 2.52. The monoisotopic (exact) mass is 227 g/mol. The van der Waals surface area contributed by atoms with Gasteiger partial charge in [0.1, 0.15) is 5.41 Å². The van der Waals surface area contributed by atoms with Crippen LogP contribution in [0, 0.1) is 16.7 Å². The van der Waals surface area contributed by atoms with Crippen molar-refractivity contribution in [3.63, 3.8) is 0 Å². The third kappa shape index (κ3) is 2.24. The first-order valence-corrected chi connectivity index (χ1v) is 6.22. The molecule has 0 heterocycles. The van der Waals surface area contributed by atoms with E-state index in [1.54, 1.807) is 0 Å². The zero-order valence-corrected chi connectivity index (χ0v) is 10.2. The van der Waals surface area contributed by atoms with Crippen molar-refractivity contribution in [2.75, 3.05) is 0 Å². The summed E-state index contributed by atoms with van der Waals surface area (Å²) in [5.41, 5.74) is 1.64. The van der Waals surface area contributed by atoms with E-state index in [0.717, 1.165) is 24.8 Å². The third-order valence-corrected chi connectivity index (χ3v) is 3.69. The molecule has 0 radical (unpaired) electrons. The van der Waals surface area contributed by atoms with Gasteiger partial charge in [-0.2, -0.15) is 5.26 Å². The molecule has 1 fully saturated rings. The summed E-state index contributed by atoms with van der Waals surface area (Å²) in [6, 6.07) is 10.5. The summed E-state index contributed by atoms with van der Waals surface area (Å²) < 4.78 is 0. The van der Waals surface area contributed by atoms with Gasteiger partial charge in [-0.1, -0.05) is 31.2 Å². The number of nitriles is 1. The molecule has 0 aromatic heterocycles. The van der Waals surface area contributed by atoms with E-state index in [1.807, 2.05) is 12.1 Å². The van der Waals surface area contributed by atoms with E-state index in [0.29, 0.717) is 12.8 Å². The van der Waals surface area contributed by atoms with E-state index in [1.165, 1.54) is 5.56 Å². The lowest BCUT2D eigenvalue weighted by atomic mass is 9.80. The van der Waals surface area contributed by atoms with Gasteiger partial charge < -0.3 is 0 Å². The molecule has 1 aliphatic rings. The van der Waals surface area contributed by atoms with Crippen LogP contribution in [0.4, 0.5) is 0 Å². The van der Waals surface area contributed by atoms with E-state index in [2.05, 4.69) is 25.1 Å². The van der Waals surface area contributed by atoms with Gasteiger partial charge in [0.25, 0.3) is 0 Å². The minimum Gasteiger partial charge on any atom is -0.298 e. The van der Waals surface area contributed by atoms with Gasteiger partial charge in [-0.3, -0.25) is 4.79 Å². The van der Waals surface area contributed by atoms with Gasteiger partial charge in [0.15, 0.2) is 5.78 Å². The topological polar surface area (TPSA) is 40.9 Å². The molecule has 17 heavy (non-hydrogen) atoms. The van der Waals surface area contributed by atoms with E-state index < -0.39 is 5.41 Å². The Bertz CT molecular complexity index is 455. The van der Waals surface area contributed by atoms with Gasteiger partial charge >= 0.3 is 0 Å². The number of rotatable bonds is 3. The van der Waals surface area contributed by atoms with Gasteiger partial charge in [-0.25, -0.2) is 0 Å². The van der Waals surface area contributed by atoms with Crippen LogP contribution < -0.4 is 0 Å². The molecule has 0 saturated heterocycles. The first-order chi connectivity index (χ1) is 8.20. The second-order valence-corrected chi connectivity index (χ2v) is 4.82. The second kappa shape index (κ2) is 4.71. The Hall–Kier alpha value is -1.62. The highest BCUT2D eigenvalue weighted by molar-refractivity contribution is 5.89. The van der Waals surface area contributed by atoms with Crippen LogP contribution in [-0.4, -0.2) is 5.78 Å². The highest BCUT2D eigenvalue weighted by Crippen LogP contribution is 2.37. The average molecular weight is 227 g/mol. The van der Waals surface area contributed by atoms with Gasteiger partial charge in [0, 0.05) is 6.42 Å². The number of hydrogen-bond donors (Lipinski definition) is 0. The number of nitrogens with zero attached hydrogens (tertiary/aromatic N) is 1. The van der Waals surface area contributed by atoms with Gasteiger partial charge in [-0.15, -0.1) is 0 Å². The Morgan fingerprint density at radius 1 is 1.29 bits per heavy atom. The molecule has 1 unspecified atom stereocenters. The lowest BCUT2D eigenvalue weighted by Crippen LogP contribution is -2.26. The van der Waals surface area contributed by atoms with Crippen LogP contribution in [0.1, 0.15) is 37.3 Å². The van der Waals surface area contributed by atoms with Crippen molar-refractivity contribution in [2.24, 2.45) is 5.41 Å². The molecule has 1 aliphatic carbocycles. The van der Waals surface area contributed by atoms with Crippen molar-refractivity contribution in [3.05, 3.63) is 35.4 Å². The molecular weight excluding hydrogens is 210 g/mol. The van der Waals surface area contributed by atoms with Crippen LogP contribution in [0.5, 0.6) is 0 Å². The van der Waals surface area contributed by atoms with Gasteiger partial charge in [0.2, 0.25) is 0 Å². The van der Waals surface area contributed by atoms with Crippen LogP contribution in [0.25, 0.3) is 0 Å². The standard InChI is InChI=1S/C15H17NO/c1-2-12-5-7-13(8-6-12)10-15(11-16)9-3-4-14(15)17/h5-8H,2-4,9-10H2,1H3. The van der Waals surface area contributed by atoms with Crippen molar-refractivity contribution in [2.45, 2.75) is 39.0 Å². The minimum atomic E-state index is -0.742. The van der Waals surface area contributed by atoms with Crippen LogP contribution in [-0.2, 0) is 17.6 Å². The summed E-state index contributed by atoms with van der Waals surface area (Å²) in [5, 5.41) is 9.28. The number of aryl methyl sites for hydroxylation is 1. The average Bonchev–Trinajstić information content (AvgIpc) is 2.72. The molecule has 1 atom stereocenters. The highest BCUT2D eigenvalue weighted by atomic mass is 16.1. The van der Waals surface area contributed by atoms with E-state index in [-0.39, 0.29) is 5.78 Å². The van der Waals surface area contributed by atoms with Crippen LogP contribution in [0.3, 0.4) is 0 Å². The molecule has 1 aromatic carbocycles. The summed E-state index contributed by atoms with van der Waals surface area (Å²) in [7, 11) is 0. The molecule has 2 rings (SSSR count). The molecule has 2 nitrogen and oxygen atoms in total. The molecule has 2 heteroatoms. The zero-order valence-electron chi connectivity index (χ0n) is 10.2. The third-order valence-electron chi connectivity index (χ3n) is 3.69. The molecule has 88 valence electrons. The molecule has 0 aliphatic heterocycles. The van der Waals surface area contributed by atoms with E-state index in [9.17, 15) is 10.1 Å². The summed E-state index contributed by atoms with van der Waals surface area (Å²) in [6.45, 7) is 2.12. The SMILES string of the molecule is CCc1ccc(CC2(C#N)CCCC2=O)cc1. The number of benzene rings is 1. The molecule has 0 bridgehead atoms. The fourth-order valence-electron chi connectivity index (χ4n) is 2.52. The van der Waals surface area contributed by atoms with Crippen molar-refractivity contribution < 1.29 is 4.79 Å². The number of carbonyl (C=O) groups excluding carboxylic acids is 1. The van der Waals surface area contributed by atoms with Crippen molar-refractivity contribution in [1.29, 1.82) is 5.26 Å². The van der Waals surface area contributed by atoms with Gasteiger partial charge in [0.05, 0.1) is 6.07 Å². The van der Waals surface area contributed by atoms with Crippen molar-refractivity contribution in [3.8, 4) is 6.07 Å². The fraction of sp³-hybridized carbons (Fsp3) is 0.467. The lowest BCUT2D eigenvalue weighted by Gasteiger charge is -2.18. The van der Waals surface area contributed by atoms with Crippen LogP contribution >= 0.6 is 0 Å². The van der Waals surface area contributed by atoms with E-state index in [4.69, 9.17) is 0 Å². The summed E-state index contributed by atoms with van der Waals surface area (Å²) >= 11 is 0. The molecule has 0 N–H and O–H groups in total. The maximum absolute atomic E-state index is 11.8.